The fraction of sp³-hybridized carbons (Fsp3) is 0.263. The molecule has 2 rings (SSSR count). The first-order valence-corrected chi connectivity index (χ1v) is 7.66. The van der Waals surface area contributed by atoms with Gasteiger partial charge in [-0.25, -0.2) is 4.79 Å². The van der Waals surface area contributed by atoms with Crippen molar-refractivity contribution in [3.8, 4) is 0 Å². The zero-order valence-electron chi connectivity index (χ0n) is 13.4. The van der Waals surface area contributed by atoms with Crippen molar-refractivity contribution in [3.05, 3.63) is 71.8 Å². The Balaban J connectivity index is 1.94. The summed E-state index contributed by atoms with van der Waals surface area (Å²) in [4.78, 5) is 24.2. The van der Waals surface area contributed by atoms with Crippen LogP contribution in [0.2, 0.25) is 0 Å². The molecule has 0 radical (unpaired) electrons. The van der Waals surface area contributed by atoms with Crippen LogP contribution in [0.4, 0.5) is 0 Å². The molecule has 0 fully saturated rings. The molecule has 0 aliphatic carbocycles. The molecule has 0 spiro atoms. The van der Waals surface area contributed by atoms with Gasteiger partial charge < -0.3 is 10.1 Å². The van der Waals surface area contributed by atoms with Gasteiger partial charge in [0.25, 0.3) is 5.91 Å². The van der Waals surface area contributed by atoms with Crippen LogP contribution in [-0.4, -0.2) is 24.5 Å². The average molecular weight is 311 g/mol. The van der Waals surface area contributed by atoms with Crippen LogP contribution < -0.4 is 5.32 Å². The molecule has 2 aromatic rings. The molecular formula is C19H21NO3. The molecular weight excluding hydrogens is 290 g/mol. The van der Waals surface area contributed by atoms with Gasteiger partial charge in [0.2, 0.25) is 0 Å². The van der Waals surface area contributed by atoms with Crippen molar-refractivity contribution in [2.45, 2.75) is 19.9 Å². The minimum absolute atomic E-state index is 0.143. The van der Waals surface area contributed by atoms with E-state index in [2.05, 4.69) is 5.32 Å². The zero-order chi connectivity index (χ0) is 16.7. The number of nitrogens with one attached hydrogen (secondary N) is 1. The topological polar surface area (TPSA) is 55.4 Å². The number of hydrogen-bond acceptors (Lipinski definition) is 3. The lowest BCUT2D eigenvalue weighted by atomic mass is 10.0. The van der Waals surface area contributed by atoms with E-state index in [1.807, 2.05) is 38.1 Å². The van der Waals surface area contributed by atoms with Gasteiger partial charge in [-0.3, -0.25) is 4.79 Å². The lowest BCUT2D eigenvalue weighted by Crippen LogP contribution is -2.42. The number of esters is 1. The highest BCUT2D eigenvalue weighted by molar-refractivity contribution is 5.94. The van der Waals surface area contributed by atoms with Crippen LogP contribution in [0.25, 0.3) is 0 Å². The highest BCUT2D eigenvalue weighted by Crippen LogP contribution is 2.08. The Morgan fingerprint density at radius 2 is 1.43 bits per heavy atom. The van der Waals surface area contributed by atoms with Gasteiger partial charge in [-0.2, -0.15) is 0 Å². The molecule has 0 aliphatic heterocycles. The van der Waals surface area contributed by atoms with Crippen molar-refractivity contribution in [2.75, 3.05) is 6.61 Å². The maximum atomic E-state index is 12.2. The second-order valence-corrected chi connectivity index (χ2v) is 5.65. The van der Waals surface area contributed by atoms with Crippen LogP contribution >= 0.6 is 0 Å². The second-order valence-electron chi connectivity index (χ2n) is 5.65. The summed E-state index contributed by atoms with van der Waals surface area (Å²) in [7, 11) is 0. The van der Waals surface area contributed by atoms with Crippen LogP contribution in [0.5, 0.6) is 0 Å². The first kappa shape index (κ1) is 16.7. The molecule has 2 aromatic carbocycles. The van der Waals surface area contributed by atoms with Crippen LogP contribution in [0, 0.1) is 5.92 Å². The van der Waals surface area contributed by atoms with Gasteiger partial charge in [0.1, 0.15) is 6.61 Å². The van der Waals surface area contributed by atoms with E-state index in [4.69, 9.17) is 4.74 Å². The third-order valence-electron chi connectivity index (χ3n) is 3.56. The van der Waals surface area contributed by atoms with Crippen molar-refractivity contribution in [3.63, 3.8) is 0 Å². The Bertz CT molecular complexity index is 638. The van der Waals surface area contributed by atoms with E-state index < -0.39 is 0 Å². The summed E-state index contributed by atoms with van der Waals surface area (Å²) in [6, 6.07) is 17.6. The van der Waals surface area contributed by atoms with E-state index in [1.165, 1.54) is 0 Å². The Hall–Kier alpha value is -2.62. The van der Waals surface area contributed by atoms with E-state index >= 15 is 0 Å². The van der Waals surface area contributed by atoms with E-state index in [-0.39, 0.29) is 30.4 Å². The fourth-order valence-electron chi connectivity index (χ4n) is 2.07. The zero-order valence-corrected chi connectivity index (χ0v) is 13.4. The van der Waals surface area contributed by atoms with Gasteiger partial charge in [0.05, 0.1) is 11.6 Å². The van der Waals surface area contributed by atoms with Crippen LogP contribution in [0.1, 0.15) is 34.6 Å². The molecule has 23 heavy (non-hydrogen) atoms. The van der Waals surface area contributed by atoms with Gasteiger partial charge in [-0.15, -0.1) is 0 Å². The molecule has 0 heterocycles. The second kappa shape index (κ2) is 8.13. The first-order chi connectivity index (χ1) is 11.1. The number of carbonyl (C=O) groups is 2. The average Bonchev–Trinajstić information content (AvgIpc) is 2.59. The van der Waals surface area contributed by atoms with Crippen LogP contribution in [-0.2, 0) is 4.74 Å². The number of benzene rings is 2. The number of carbonyl (C=O) groups excluding carboxylic acids is 2. The van der Waals surface area contributed by atoms with E-state index in [0.717, 1.165) is 0 Å². The molecule has 0 saturated heterocycles. The third-order valence-corrected chi connectivity index (χ3v) is 3.56. The lowest BCUT2D eigenvalue weighted by molar-refractivity contribution is 0.0431. The summed E-state index contributed by atoms with van der Waals surface area (Å²) in [5.41, 5.74) is 1.09. The molecule has 4 nitrogen and oxygen atoms in total. The summed E-state index contributed by atoms with van der Waals surface area (Å²) in [5, 5.41) is 2.92. The van der Waals surface area contributed by atoms with Crippen molar-refractivity contribution in [1.82, 2.24) is 5.32 Å². The monoisotopic (exact) mass is 311 g/mol. The summed E-state index contributed by atoms with van der Waals surface area (Å²) >= 11 is 0. The van der Waals surface area contributed by atoms with Gasteiger partial charge in [0, 0.05) is 5.56 Å². The normalized spacial score (nSPS) is 11.8. The van der Waals surface area contributed by atoms with Crippen molar-refractivity contribution in [2.24, 2.45) is 5.92 Å². The first-order valence-electron chi connectivity index (χ1n) is 7.66. The molecule has 0 bridgehead atoms. The molecule has 1 atom stereocenters. The van der Waals surface area contributed by atoms with Gasteiger partial charge in [0.15, 0.2) is 0 Å². The summed E-state index contributed by atoms with van der Waals surface area (Å²) < 4.78 is 5.33. The summed E-state index contributed by atoms with van der Waals surface area (Å²) in [6.45, 7) is 4.10. The fourth-order valence-corrected chi connectivity index (χ4v) is 2.07. The summed E-state index contributed by atoms with van der Waals surface area (Å²) in [6.07, 6.45) is 0. The van der Waals surface area contributed by atoms with Gasteiger partial charge in [-0.05, 0) is 30.2 Å². The predicted octanol–water partition coefficient (Wildman–Crippen LogP) is 3.30. The number of ether oxygens (including phenoxy) is 1. The number of amides is 1. The minimum Gasteiger partial charge on any atom is -0.460 e. The molecule has 0 saturated carbocycles. The Morgan fingerprint density at radius 3 is 1.96 bits per heavy atom. The van der Waals surface area contributed by atoms with E-state index in [9.17, 15) is 9.59 Å². The maximum Gasteiger partial charge on any atom is 0.338 e. The SMILES string of the molecule is CC(C)[C@@H](COC(=O)c1ccccc1)NC(=O)c1ccccc1. The Labute approximate surface area is 136 Å². The molecule has 4 heteroatoms. The molecule has 0 unspecified atom stereocenters. The predicted molar refractivity (Wildman–Crippen MR) is 89.3 cm³/mol. The Morgan fingerprint density at radius 1 is 0.913 bits per heavy atom. The largest absolute Gasteiger partial charge is 0.460 e. The quantitative estimate of drug-likeness (QED) is 0.833. The molecule has 120 valence electrons. The maximum absolute atomic E-state index is 12.2. The van der Waals surface area contributed by atoms with Crippen molar-refractivity contribution in [1.29, 1.82) is 0 Å². The van der Waals surface area contributed by atoms with Crippen molar-refractivity contribution < 1.29 is 14.3 Å². The van der Waals surface area contributed by atoms with Gasteiger partial charge in [-0.1, -0.05) is 50.2 Å². The molecule has 0 aromatic heterocycles. The van der Waals surface area contributed by atoms with E-state index in [0.29, 0.717) is 11.1 Å². The number of rotatable bonds is 6. The van der Waals surface area contributed by atoms with Crippen molar-refractivity contribution >= 4 is 11.9 Å². The van der Waals surface area contributed by atoms with Gasteiger partial charge >= 0.3 is 5.97 Å². The van der Waals surface area contributed by atoms with E-state index in [1.54, 1.807) is 36.4 Å². The molecule has 0 aliphatic rings. The molecule has 1 amide bonds. The Kier molecular flexibility index (Phi) is 5.92. The highest BCUT2D eigenvalue weighted by atomic mass is 16.5. The standard InChI is InChI=1S/C19H21NO3/c1-14(2)17(20-18(21)15-9-5-3-6-10-15)13-23-19(22)16-11-7-4-8-12-16/h3-12,14,17H,13H2,1-2H3,(H,20,21)/t17-/m1/s1. The van der Waals surface area contributed by atoms with Crippen LogP contribution in [0.3, 0.4) is 0 Å². The minimum atomic E-state index is -0.384. The summed E-state index contributed by atoms with van der Waals surface area (Å²) in [5.74, 6) is -0.406. The third kappa shape index (κ3) is 4.95. The smallest absolute Gasteiger partial charge is 0.338 e. The lowest BCUT2D eigenvalue weighted by Gasteiger charge is -2.22. The van der Waals surface area contributed by atoms with Crippen LogP contribution in [0.15, 0.2) is 60.7 Å². The molecule has 1 N–H and O–H groups in total. The number of hydrogen-bond donors (Lipinski definition) is 1. The highest BCUT2D eigenvalue weighted by Gasteiger charge is 2.19.